The molecule has 3 fully saturated rings. The molecule has 0 saturated carbocycles. The Morgan fingerprint density at radius 2 is 1.36 bits per heavy atom. The van der Waals surface area contributed by atoms with Gasteiger partial charge < -0.3 is 14.7 Å². The highest BCUT2D eigenvalue weighted by atomic mass is 16.2. The predicted molar refractivity (Wildman–Crippen MR) is 109 cm³/mol. The first kappa shape index (κ1) is 21.1. The van der Waals surface area contributed by atoms with Gasteiger partial charge in [0.05, 0.1) is 0 Å². The van der Waals surface area contributed by atoms with Gasteiger partial charge in [-0.3, -0.25) is 14.4 Å². The topological polar surface area (TPSA) is 60.9 Å². The fourth-order valence-electron chi connectivity index (χ4n) is 4.81. The lowest BCUT2D eigenvalue weighted by atomic mass is 9.91. The van der Waals surface area contributed by atoms with Gasteiger partial charge in [0, 0.05) is 45.1 Å². The smallest absolute Gasteiger partial charge is 0.245 e. The summed E-state index contributed by atoms with van der Waals surface area (Å²) in [5.74, 6) is 0.529. The maximum atomic E-state index is 13.1. The largest absolute Gasteiger partial charge is 0.342 e. The summed E-state index contributed by atoms with van der Waals surface area (Å²) >= 11 is 0. The molecule has 0 radical (unpaired) electrons. The molecule has 3 saturated heterocycles. The number of hydrogen-bond acceptors (Lipinski definition) is 3. The molecule has 0 bridgehead atoms. The van der Waals surface area contributed by atoms with Crippen LogP contribution < -0.4 is 0 Å². The highest BCUT2D eigenvalue weighted by Crippen LogP contribution is 2.28. The molecular weight excluding hydrogens is 354 g/mol. The molecule has 0 N–H and O–H groups in total. The second-order valence-corrected chi connectivity index (χ2v) is 9.97. The molecule has 28 heavy (non-hydrogen) atoms. The summed E-state index contributed by atoms with van der Waals surface area (Å²) in [5.41, 5.74) is -0.0690. The lowest BCUT2D eigenvalue weighted by Crippen LogP contribution is -2.51. The average Bonchev–Trinajstić information content (AvgIpc) is 3.16. The minimum absolute atomic E-state index is 0.0596. The van der Waals surface area contributed by atoms with E-state index in [0.717, 1.165) is 51.6 Å². The van der Waals surface area contributed by atoms with Gasteiger partial charge in [-0.1, -0.05) is 20.8 Å². The van der Waals surface area contributed by atoms with Crippen molar-refractivity contribution in [1.29, 1.82) is 0 Å². The highest BCUT2D eigenvalue weighted by Gasteiger charge is 2.39. The molecule has 6 heteroatoms. The summed E-state index contributed by atoms with van der Waals surface area (Å²) in [4.78, 5) is 44.2. The average molecular weight is 392 g/mol. The number of carbonyl (C=O) groups is 3. The molecule has 0 spiro atoms. The first-order chi connectivity index (χ1) is 13.3. The van der Waals surface area contributed by atoms with Crippen molar-refractivity contribution in [2.45, 2.75) is 78.2 Å². The summed E-state index contributed by atoms with van der Waals surface area (Å²) in [5, 5.41) is 0. The molecule has 0 aromatic carbocycles. The van der Waals surface area contributed by atoms with E-state index in [2.05, 4.69) is 20.8 Å². The van der Waals surface area contributed by atoms with Crippen molar-refractivity contribution in [3.8, 4) is 0 Å². The second-order valence-electron chi connectivity index (χ2n) is 9.97. The minimum atomic E-state index is -0.302. The van der Waals surface area contributed by atoms with Crippen LogP contribution in [-0.4, -0.2) is 71.2 Å². The molecule has 3 amide bonds. The highest BCUT2D eigenvalue weighted by molar-refractivity contribution is 5.88. The van der Waals surface area contributed by atoms with E-state index in [1.807, 2.05) is 9.80 Å². The number of hydrogen-bond donors (Lipinski definition) is 0. The summed E-state index contributed by atoms with van der Waals surface area (Å²) in [6.07, 6.45) is 7.10. The zero-order valence-corrected chi connectivity index (χ0v) is 17.9. The maximum Gasteiger partial charge on any atom is 0.245 e. The summed E-state index contributed by atoms with van der Waals surface area (Å²) in [7, 11) is 0. The normalized spacial score (nSPS) is 24.5. The van der Waals surface area contributed by atoms with Gasteiger partial charge in [-0.15, -0.1) is 0 Å². The Labute approximate surface area is 169 Å². The molecule has 1 atom stereocenters. The summed E-state index contributed by atoms with van der Waals surface area (Å²) in [6, 6.07) is -0.302. The van der Waals surface area contributed by atoms with Crippen LogP contribution in [0, 0.1) is 11.3 Å². The molecule has 0 aromatic heterocycles. The van der Waals surface area contributed by atoms with E-state index < -0.39 is 0 Å². The van der Waals surface area contributed by atoms with Crippen molar-refractivity contribution in [3.63, 3.8) is 0 Å². The van der Waals surface area contributed by atoms with Crippen LogP contribution in [-0.2, 0) is 14.4 Å². The van der Waals surface area contributed by atoms with E-state index in [1.54, 1.807) is 4.90 Å². The van der Waals surface area contributed by atoms with Crippen LogP contribution in [0.2, 0.25) is 0 Å². The first-order valence-electron chi connectivity index (χ1n) is 11.1. The molecule has 6 nitrogen and oxygen atoms in total. The van der Waals surface area contributed by atoms with Crippen LogP contribution in [0.4, 0.5) is 0 Å². The molecule has 3 rings (SSSR count). The third-order valence-electron chi connectivity index (χ3n) is 6.36. The second kappa shape index (κ2) is 8.83. The number of amides is 3. The van der Waals surface area contributed by atoms with E-state index >= 15 is 0 Å². The summed E-state index contributed by atoms with van der Waals surface area (Å²) < 4.78 is 0. The number of rotatable bonds is 3. The molecule has 1 unspecified atom stereocenters. The fraction of sp³-hybridized carbons (Fsp3) is 0.864. The molecule has 158 valence electrons. The Bertz CT molecular complexity index is 584. The van der Waals surface area contributed by atoms with Crippen LogP contribution in [0.1, 0.15) is 72.1 Å². The fourth-order valence-corrected chi connectivity index (χ4v) is 4.81. The molecule has 3 aliphatic heterocycles. The van der Waals surface area contributed by atoms with Crippen molar-refractivity contribution >= 4 is 17.7 Å². The quantitative estimate of drug-likeness (QED) is 0.743. The Kier molecular flexibility index (Phi) is 6.66. The zero-order valence-electron chi connectivity index (χ0n) is 17.9. The van der Waals surface area contributed by atoms with Crippen LogP contribution in [0.25, 0.3) is 0 Å². The third kappa shape index (κ3) is 5.06. The van der Waals surface area contributed by atoms with Crippen LogP contribution in [0.5, 0.6) is 0 Å². The zero-order chi connectivity index (χ0) is 20.3. The Morgan fingerprint density at radius 1 is 0.750 bits per heavy atom. The molecular formula is C22H37N3O3. The van der Waals surface area contributed by atoms with E-state index in [4.69, 9.17) is 0 Å². The Balaban J connectivity index is 1.52. The van der Waals surface area contributed by atoms with Gasteiger partial charge >= 0.3 is 0 Å². The minimum Gasteiger partial charge on any atom is -0.342 e. The summed E-state index contributed by atoms with van der Waals surface area (Å²) in [6.45, 7) is 9.93. The molecule has 0 aliphatic carbocycles. The van der Waals surface area contributed by atoms with Crippen molar-refractivity contribution in [2.75, 3.05) is 32.7 Å². The van der Waals surface area contributed by atoms with Gasteiger partial charge in [0.1, 0.15) is 6.04 Å². The Morgan fingerprint density at radius 3 is 1.96 bits per heavy atom. The molecule has 0 aromatic rings. The molecule has 3 heterocycles. The van der Waals surface area contributed by atoms with Crippen molar-refractivity contribution < 1.29 is 14.4 Å². The van der Waals surface area contributed by atoms with Gasteiger partial charge in [-0.2, -0.15) is 0 Å². The van der Waals surface area contributed by atoms with E-state index in [1.165, 1.54) is 6.42 Å². The van der Waals surface area contributed by atoms with Crippen molar-refractivity contribution in [1.82, 2.24) is 14.7 Å². The Hall–Kier alpha value is -1.59. The van der Waals surface area contributed by atoms with Gasteiger partial charge in [-0.05, 0) is 50.4 Å². The van der Waals surface area contributed by atoms with E-state index in [-0.39, 0.29) is 35.1 Å². The van der Waals surface area contributed by atoms with Crippen LogP contribution in [0.15, 0.2) is 0 Å². The van der Waals surface area contributed by atoms with Gasteiger partial charge in [0.15, 0.2) is 0 Å². The number of piperidine rings is 2. The number of nitrogens with zero attached hydrogens (tertiary/aromatic N) is 3. The lowest BCUT2D eigenvalue weighted by molar-refractivity contribution is -0.147. The van der Waals surface area contributed by atoms with Gasteiger partial charge in [0.25, 0.3) is 0 Å². The van der Waals surface area contributed by atoms with Crippen LogP contribution >= 0.6 is 0 Å². The van der Waals surface area contributed by atoms with Crippen molar-refractivity contribution in [2.24, 2.45) is 11.3 Å². The monoisotopic (exact) mass is 391 g/mol. The van der Waals surface area contributed by atoms with Crippen LogP contribution in [0.3, 0.4) is 0 Å². The predicted octanol–water partition coefficient (Wildman–Crippen LogP) is 2.66. The maximum absolute atomic E-state index is 13.1. The lowest BCUT2D eigenvalue weighted by Gasteiger charge is -2.37. The number of likely N-dealkylation sites (tertiary alicyclic amines) is 3. The first-order valence-corrected chi connectivity index (χ1v) is 11.1. The van der Waals surface area contributed by atoms with Gasteiger partial charge in [-0.25, -0.2) is 0 Å². The van der Waals surface area contributed by atoms with Gasteiger partial charge in [0.2, 0.25) is 17.7 Å². The molecule has 3 aliphatic rings. The standard InChI is InChI=1S/C22H37N3O3/c1-22(2,3)16-19(26)25-13-7-8-18(25)21(28)24-14-9-17(10-15-24)20(27)23-11-5-4-6-12-23/h17-18H,4-16H2,1-3H3. The van der Waals surface area contributed by atoms with E-state index in [0.29, 0.717) is 26.1 Å². The SMILES string of the molecule is CC(C)(C)CC(=O)N1CCCC1C(=O)N1CCC(C(=O)N2CCCCC2)CC1. The van der Waals surface area contributed by atoms with Crippen molar-refractivity contribution in [3.05, 3.63) is 0 Å². The van der Waals surface area contributed by atoms with E-state index in [9.17, 15) is 14.4 Å². The number of carbonyl (C=O) groups excluding carboxylic acids is 3. The third-order valence-corrected chi connectivity index (χ3v) is 6.36.